The van der Waals surface area contributed by atoms with Crippen LogP contribution >= 0.6 is 41.6 Å². The first-order chi connectivity index (χ1) is 19.2. The van der Waals surface area contributed by atoms with Gasteiger partial charge in [-0.3, -0.25) is 0 Å². The van der Waals surface area contributed by atoms with E-state index in [1.54, 1.807) is 0 Å². The van der Waals surface area contributed by atoms with E-state index in [0.717, 1.165) is 102 Å². The minimum atomic E-state index is -2.51. The second-order valence-electron chi connectivity index (χ2n) is 11.1. The van der Waals surface area contributed by atoms with Gasteiger partial charge in [0.05, 0.1) is 0 Å². The molecule has 0 atom stereocenters. The fourth-order valence-electron chi connectivity index (χ4n) is 5.47. The van der Waals surface area contributed by atoms with Crippen LogP contribution in [0.3, 0.4) is 0 Å². The van der Waals surface area contributed by atoms with E-state index in [1.165, 1.54) is 11.1 Å². The first-order valence-corrected chi connectivity index (χ1v) is 25.0. The van der Waals surface area contributed by atoms with E-state index < -0.39 is 10.6 Å². The summed E-state index contributed by atoms with van der Waals surface area (Å²) in [5, 5.41) is -5.01. The van der Waals surface area contributed by atoms with E-state index in [4.69, 9.17) is 18.9 Å². The molecule has 0 spiro atoms. The molecule has 0 saturated heterocycles. The van der Waals surface area contributed by atoms with Crippen LogP contribution in [0.25, 0.3) is 0 Å². The van der Waals surface area contributed by atoms with E-state index in [2.05, 4.69) is 119 Å². The number of rotatable bonds is 23. The second kappa shape index (κ2) is 18.0. The maximum absolute atomic E-state index is 6.03. The van der Waals surface area contributed by atoms with Crippen LogP contribution in [-0.4, -0.2) is 89.8 Å². The third-order valence-electron chi connectivity index (χ3n) is 8.05. The van der Waals surface area contributed by atoms with Gasteiger partial charge in [-0.2, -0.15) is 0 Å². The molecule has 0 aromatic heterocycles. The van der Waals surface area contributed by atoms with Gasteiger partial charge < -0.3 is 0 Å². The Balaban J connectivity index is 2.56. The van der Waals surface area contributed by atoms with Gasteiger partial charge >= 0.3 is 262 Å². The summed E-state index contributed by atoms with van der Waals surface area (Å²) in [4.78, 5) is 0. The summed E-state index contributed by atoms with van der Waals surface area (Å²) in [7, 11) is 0. The summed E-state index contributed by atoms with van der Waals surface area (Å²) in [5.41, 5.74) is 2.79. The van der Waals surface area contributed by atoms with Crippen LogP contribution in [0.1, 0.15) is 38.8 Å². The molecule has 8 heteroatoms. The predicted octanol–water partition coefficient (Wildman–Crippen LogP) is 9.26. The molecular weight excluding hydrogens is 670 g/mol. The third-order valence-corrected chi connectivity index (χ3v) is 26.5. The van der Waals surface area contributed by atoms with Gasteiger partial charge in [0.2, 0.25) is 0 Å². The first-order valence-electron chi connectivity index (χ1n) is 15.0. The van der Waals surface area contributed by atoms with Gasteiger partial charge in [0.25, 0.3) is 0 Å². The number of halogens is 2. The molecule has 0 saturated carbocycles. The Morgan fingerprint density at radius 1 is 0.450 bits per heavy atom. The van der Waals surface area contributed by atoms with Crippen LogP contribution in [-0.2, 0) is 31.3 Å². The van der Waals surface area contributed by atoms with Gasteiger partial charge in [-0.15, -0.1) is 0 Å². The summed E-state index contributed by atoms with van der Waals surface area (Å²) >= 11 is 9.25. The van der Waals surface area contributed by atoms with Crippen LogP contribution in [0.2, 0.25) is 0 Å². The van der Waals surface area contributed by atoms with Crippen molar-refractivity contribution in [3.05, 3.63) is 71.8 Å². The average molecular weight is 725 g/mol. The average Bonchev–Trinajstić information content (AvgIpc) is 2.94. The molecule has 0 aliphatic heterocycles. The Hall–Kier alpha value is 0.100. The zero-order valence-electron chi connectivity index (χ0n) is 25.4. The first kappa shape index (κ1) is 36.3. The molecule has 4 nitrogen and oxygen atoms in total. The van der Waals surface area contributed by atoms with Crippen molar-refractivity contribution in [3.8, 4) is 0 Å². The number of hydrogen-bond acceptors (Lipinski definition) is 4. The maximum atomic E-state index is 6.03. The molecule has 2 aromatic carbocycles. The topological polar surface area (TPSA) is 36.9 Å². The van der Waals surface area contributed by atoms with Crippen LogP contribution < -0.4 is 0 Å². The van der Waals surface area contributed by atoms with Gasteiger partial charge in [0.1, 0.15) is 0 Å². The molecule has 0 radical (unpaired) electrons. The van der Waals surface area contributed by atoms with Gasteiger partial charge in [-0.1, -0.05) is 0 Å². The molecule has 0 bridgehead atoms. The van der Waals surface area contributed by atoms with Crippen molar-refractivity contribution in [2.45, 2.75) is 40.0 Å². The van der Waals surface area contributed by atoms with Crippen molar-refractivity contribution in [1.82, 2.24) is 0 Å². The Morgan fingerprint density at radius 2 is 0.725 bits per heavy atom. The number of hydrogen-bond donors (Lipinski definition) is 0. The summed E-state index contributed by atoms with van der Waals surface area (Å²) in [6, 6.07) is 22.0. The summed E-state index contributed by atoms with van der Waals surface area (Å²) in [5.74, 6) is 0. The van der Waals surface area contributed by atoms with Crippen molar-refractivity contribution < 1.29 is 18.9 Å². The molecule has 0 unspecified atom stereocenters. The minimum absolute atomic E-state index is 0.741. The second-order valence-corrected chi connectivity index (χ2v) is 33.7. The van der Waals surface area contributed by atoms with E-state index in [-0.39, 0.29) is 0 Å². The Morgan fingerprint density at radius 3 is 0.975 bits per heavy atom. The Bertz CT molecular complexity index is 851. The molecule has 0 N–H and O–H groups in total. The number of benzene rings is 2. The van der Waals surface area contributed by atoms with Gasteiger partial charge in [0.15, 0.2) is 0 Å². The number of ether oxygens (including phenoxy) is 4. The molecule has 0 fully saturated rings. The van der Waals surface area contributed by atoms with Crippen molar-refractivity contribution in [2.75, 3.05) is 89.8 Å². The quantitative estimate of drug-likeness (QED) is 0.0847. The van der Waals surface area contributed by atoms with Crippen LogP contribution in [0.5, 0.6) is 0 Å². The molecule has 2 aromatic rings. The predicted molar refractivity (Wildman–Crippen MR) is 187 cm³/mol. The van der Waals surface area contributed by atoms with Crippen molar-refractivity contribution >= 4 is 41.6 Å². The summed E-state index contributed by atoms with van der Waals surface area (Å²) < 4.78 is 24.1. The fourth-order valence-corrected chi connectivity index (χ4v) is 22.7. The van der Waals surface area contributed by atoms with Gasteiger partial charge in [-0.25, -0.2) is 0 Å². The van der Waals surface area contributed by atoms with Crippen LogP contribution in [0.4, 0.5) is 0 Å². The van der Waals surface area contributed by atoms with Crippen molar-refractivity contribution in [3.63, 3.8) is 0 Å². The standard InChI is InChI=1S/C32H54Br2O4P2/c1-5-35-19-23-39(33,24-20-36-6-2,29-31-15-11-9-12-16-31)27-28-40(34,25-21-37-7-3,26-22-38-8-4)30-32-17-13-10-14-18-32/h9-18H,5-8,19-30H2,1-4H3. The molecule has 0 aliphatic rings. The molecule has 0 aliphatic carbocycles. The van der Waals surface area contributed by atoms with Crippen LogP contribution in [0.15, 0.2) is 60.7 Å². The van der Waals surface area contributed by atoms with Gasteiger partial charge in [-0.05, 0) is 0 Å². The van der Waals surface area contributed by atoms with Crippen molar-refractivity contribution in [1.29, 1.82) is 0 Å². The molecular formula is C32H54Br2O4P2. The van der Waals surface area contributed by atoms with E-state index in [9.17, 15) is 0 Å². The van der Waals surface area contributed by atoms with Crippen LogP contribution in [0, 0.1) is 0 Å². The molecule has 0 amide bonds. The normalized spacial score (nSPS) is 14.3. The van der Waals surface area contributed by atoms with Gasteiger partial charge in [0, 0.05) is 0 Å². The zero-order chi connectivity index (χ0) is 29.3. The third kappa shape index (κ3) is 12.4. The molecule has 2 rings (SSSR count). The molecule has 0 heterocycles. The summed E-state index contributed by atoms with van der Waals surface area (Å²) in [6.07, 6.45) is 8.55. The molecule has 40 heavy (non-hydrogen) atoms. The monoisotopic (exact) mass is 722 g/mol. The Kier molecular flexibility index (Phi) is 16.4. The van der Waals surface area contributed by atoms with E-state index in [0.29, 0.717) is 0 Å². The SMILES string of the molecule is CCOCCP(Br)(CCOCC)(CCP(Br)(CCOCC)(CCOCC)Cc1ccccc1)Cc1ccccc1. The summed E-state index contributed by atoms with van der Waals surface area (Å²) in [6.45, 7) is 14.4. The van der Waals surface area contributed by atoms with Crippen molar-refractivity contribution in [2.24, 2.45) is 0 Å². The fraction of sp³-hybridized carbons (Fsp3) is 0.625. The Labute approximate surface area is 261 Å². The van der Waals surface area contributed by atoms with E-state index >= 15 is 0 Å². The zero-order valence-corrected chi connectivity index (χ0v) is 30.3. The van der Waals surface area contributed by atoms with E-state index in [1.807, 2.05) is 0 Å². The molecule has 230 valence electrons.